The fraction of sp³-hybridized carbons (Fsp3) is 0.278. The van der Waals surface area contributed by atoms with Crippen LogP contribution in [0.4, 0.5) is 0 Å². The second-order valence-corrected chi connectivity index (χ2v) is 5.60. The molecule has 0 atom stereocenters. The lowest BCUT2D eigenvalue weighted by Crippen LogP contribution is -2.39. The van der Waals surface area contributed by atoms with Crippen LogP contribution in [-0.4, -0.2) is 19.1 Å². The predicted molar refractivity (Wildman–Crippen MR) is 95.9 cm³/mol. The quantitative estimate of drug-likeness (QED) is 0.801. The third-order valence-electron chi connectivity index (χ3n) is 4.05. The first-order chi connectivity index (χ1) is 11.6. The molecule has 6 nitrogen and oxygen atoms in total. The number of allylic oxidation sites excluding steroid dienone is 1. The van der Waals surface area contributed by atoms with Gasteiger partial charge in [-0.2, -0.15) is 0 Å². The van der Waals surface area contributed by atoms with Crippen molar-refractivity contribution in [1.82, 2.24) is 19.1 Å². The molecule has 1 aromatic carbocycles. The Morgan fingerprint density at radius 1 is 1.12 bits per heavy atom. The van der Waals surface area contributed by atoms with Crippen molar-refractivity contribution >= 4 is 22.8 Å². The van der Waals surface area contributed by atoms with Crippen LogP contribution in [0.3, 0.4) is 0 Å². The summed E-state index contributed by atoms with van der Waals surface area (Å²) >= 11 is 0. The van der Waals surface area contributed by atoms with Gasteiger partial charge in [-0.3, -0.25) is 13.9 Å². The Balaban J connectivity index is 2.22. The zero-order chi connectivity index (χ0) is 17.3. The summed E-state index contributed by atoms with van der Waals surface area (Å²) in [7, 11) is 0. The summed E-state index contributed by atoms with van der Waals surface area (Å²) in [5.74, 6) is 0.599. The van der Waals surface area contributed by atoms with Crippen LogP contribution in [0.1, 0.15) is 32.2 Å². The molecule has 0 bridgehead atoms. The Hall–Kier alpha value is -2.89. The molecule has 24 heavy (non-hydrogen) atoms. The molecule has 6 heteroatoms. The lowest BCUT2D eigenvalue weighted by molar-refractivity contribution is 0.605. The van der Waals surface area contributed by atoms with E-state index in [1.165, 1.54) is 9.13 Å². The minimum absolute atomic E-state index is 0.319. The maximum Gasteiger partial charge on any atom is 0.332 e. The summed E-state index contributed by atoms with van der Waals surface area (Å²) in [6.45, 7) is 6.37. The molecule has 3 aromatic rings. The Morgan fingerprint density at radius 3 is 2.42 bits per heavy atom. The van der Waals surface area contributed by atoms with Crippen molar-refractivity contribution in [2.45, 2.75) is 33.9 Å². The lowest BCUT2D eigenvalue weighted by atomic mass is 10.1. The first-order valence-corrected chi connectivity index (χ1v) is 8.03. The van der Waals surface area contributed by atoms with Crippen LogP contribution in [0, 0.1) is 0 Å². The first kappa shape index (κ1) is 16.0. The molecule has 0 amide bonds. The van der Waals surface area contributed by atoms with Gasteiger partial charge in [-0.15, -0.1) is 0 Å². The second-order valence-electron chi connectivity index (χ2n) is 5.60. The summed E-state index contributed by atoms with van der Waals surface area (Å²) in [5, 5.41) is 0. The van der Waals surface area contributed by atoms with Gasteiger partial charge in [0.1, 0.15) is 11.3 Å². The minimum atomic E-state index is -0.325. The fourth-order valence-corrected chi connectivity index (χ4v) is 2.78. The molecule has 0 aliphatic carbocycles. The molecule has 2 aromatic heterocycles. The fourth-order valence-electron chi connectivity index (χ4n) is 2.78. The molecule has 1 N–H and O–H groups in total. The van der Waals surface area contributed by atoms with E-state index in [4.69, 9.17) is 0 Å². The van der Waals surface area contributed by atoms with Crippen molar-refractivity contribution in [3.05, 3.63) is 62.6 Å². The molecular formula is C18H20N4O2. The van der Waals surface area contributed by atoms with Crippen molar-refractivity contribution in [3.8, 4) is 0 Å². The summed E-state index contributed by atoms with van der Waals surface area (Å²) in [6.07, 6.45) is 1.99. The molecule has 0 saturated heterocycles. The van der Waals surface area contributed by atoms with Gasteiger partial charge < -0.3 is 4.98 Å². The third kappa shape index (κ3) is 2.60. The third-order valence-corrected chi connectivity index (χ3v) is 4.05. The van der Waals surface area contributed by atoms with Gasteiger partial charge in [0, 0.05) is 13.1 Å². The Morgan fingerprint density at radius 2 is 1.79 bits per heavy atom. The first-order valence-electron chi connectivity index (χ1n) is 8.03. The smallest absolute Gasteiger partial charge is 0.332 e. The predicted octanol–water partition coefficient (Wildman–Crippen LogP) is 2.49. The van der Waals surface area contributed by atoms with E-state index in [-0.39, 0.29) is 11.2 Å². The van der Waals surface area contributed by atoms with E-state index >= 15 is 0 Å². The van der Waals surface area contributed by atoms with E-state index in [0.717, 1.165) is 11.1 Å². The van der Waals surface area contributed by atoms with Crippen molar-refractivity contribution in [3.63, 3.8) is 0 Å². The van der Waals surface area contributed by atoms with E-state index in [0.29, 0.717) is 30.1 Å². The maximum atomic E-state index is 12.5. The topological polar surface area (TPSA) is 72.7 Å². The summed E-state index contributed by atoms with van der Waals surface area (Å²) in [5.41, 5.74) is 2.08. The van der Waals surface area contributed by atoms with Crippen molar-refractivity contribution < 1.29 is 0 Å². The summed E-state index contributed by atoms with van der Waals surface area (Å²) in [4.78, 5) is 32.5. The molecule has 0 spiro atoms. The second kappa shape index (κ2) is 6.31. The van der Waals surface area contributed by atoms with Gasteiger partial charge in [0.25, 0.3) is 5.56 Å². The Kier molecular flexibility index (Phi) is 4.20. The van der Waals surface area contributed by atoms with Crippen LogP contribution >= 0.6 is 0 Å². The maximum absolute atomic E-state index is 12.5. The van der Waals surface area contributed by atoms with Crippen LogP contribution in [0.2, 0.25) is 0 Å². The van der Waals surface area contributed by atoms with Crippen molar-refractivity contribution in [2.24, 2.45) is 0 Å². The zero-order valence-corrected chi connectivity index (χ0v) is 14.0. The number of aromatic amines is 1. The van der Waals surface area contributed by atoms with Crippen molar-refractivity contribution in [2.75, 3.05) is 0 Å². The molecule has 0 saturated carbocycles. The van der Waals surface area contributed by atoms with Crippen molar-refractivity contribution in [1.29, 1.82) is 0 Å². The molecule has 2 heterocycles. The van der Waals surface area contributed by atoms with Crippen LogP contribution in [0.15, 0.2) is 39.9 Å². The highest BCUT2D eigenvalue weighted by Gasteiger charge is 2.16. The number of benzene rings is 1. The molecule has 0 unspecified atom stereocenters. The van der Waals surface area contributed by atoms with E-state index in [2.05, 4.69) is 9.97 Å². The van der Waals surface area contributed by atoms with Gasteiger partial charge in [0.05, 0.1) is 0 Å². The average molecular weight is 324 g/mol. The number of aryl methyl sites for hydroxylation is 1. The van der Waals surface area contributed by atoms with E-state index in [1.54, 1.807) is 6.92 Å². The number of hydrogen-bond donors (Lipinski definition) is 1. The number of imidazole rings is 1. The summed E-state index contributed by atoms with van der Waals surface area (Å²) in [6, 6.07) is 9.89. The highest BCUT2D eigenvalue weighted by molar-refractivity contribution is 5.81. The minimum Gasteiger partial charge on any atom is -0.332 e. The molecule has 0 radical (unpaired) electrons. The molecule has 0 aliphatic rings. The molecule has 124 valence electrons. The largest absolute Gasteiger partial charge is 0.332 e. The van der Waals surface area contributed by atoms with Gasteiger partial charge in [0.15, 0.2) is 5.65 Å². The monoisotopic (exact) mass is 324 g/mol. The van der Waals surface area contributed by atoms with Crippen LogP contribution in [0.5, 0.6) is 0 Å². The average Bonchev–Trinajstić information content (AvgIpc) is 3.02. The molecule has 0 fully saturated rings. The number of nitrogens with zero attached hydrogens (tertiary/aromatic N) is 3. The lowest BCUT2D eigenvalue weighted by Gasteiger charge is -2.06. The highest BCUT2D eigenvalue weighted by Crippen LogP contribution is 2.17. The number of fused-ring (bicyclic) bond motifs is 1. The van der Waals surface area contributed by atoms with Gasteiger partial charge in [0.2, 0.25) is 0 Å². The molecule has 0 aliphatic heterocycles. The van der Waals surface area contributed by atoms with Crippen LogP contribution < -0.4 is 11.2 Å². The Bertz CT molecular complexity index is 1020. The SMILES string of the molecule is CCn1c(=O)c2[nH]c(/C(C)=C/c3ccccc3)nc2n(CC)c1=O. The zero-order valence-electron chi connectivity index (χ0n) is 14.0. The van der Waals surface area contributed by atoms with E-state index in [1.807, 2.05) is 50.3 Å². The van der Waals surface area contributed by atoms with E-state index in [9.17, 15) is 9.59 Å². The van der Waals surface area contributed by atoms with Crippen LogP contribution in [0.25, 0.3) is 22.8 Å². The number of nitrogens with one attached hydrogen (secondary N) is 1. The van der Waals surface area contributed by atoms with E-state index < -0.39 is 0 Å². The number of rotatable bonds is 4. The van der Waals surface area contributed by atoms with Gasteiger partial charge in [-0.25, -0.2) is 9.78 Å². The molecular weight excluding hydrogens is 304 g/mol. The standard InChI is InChI=1S/C18H20N4O2/c1-4-21-16-14(17(23)22(5-2)18(21)24)19-15(20-16)12(3)11-13-9-7-6-8-10-13/h6-11H,4-5H2,1-3H3,(H,19,20)/b12-11+. The number of aromatic nitrogens is 4. The van der Waals surface area contributed by atoms with Crippen LogP contribution in [-0.2, 0) is 13.1 Å². The normalized spacial score (nSPS) is 12.0. The van der Waals surface area contributed by atoms with Gasteiger partial charge in [-0.05, 0) is 38.0 Å². The van der Waals surface area contributed by atoms with Gasteiger partial charge >= 0.3 is 5.69 Å². The number of hydrogen-bond acceptors (Lipinski definition) is 3. The van der Waals surface area contributed by atoms with Gasteiger partial charge in [-0.1, -0.05) is 30.3 Å². The summed E-state index contributed by atoms with van der Waals surface area (Å²) < 4.78 is 2.75. The Labute approximate surface area is 139 Å². The molecule has 3 rings (SSSR count). The highest BCUT2D eigenvalue weighted by atomic mass is 16.2. The number of H-pyrrole nitrogens is 1.